The van der Waals surface area contributed by atoms with Crippen LogP contribution in [0.5, 0.6) is 0 Å². The number of hydrogen-bond acceptors (Lipinski definition) is 5. The molecule has 0 aliphatic rings. The van der Waals surface area contributed by atoms with Crippen molar-refractivity contribution in [2.75, 3.05) is 0 Å². The van der Waals surface area contributed by atoms with E-state index in [0.29, 0.717) is 16.7 Å². The van der Waals surface area contributed by atoms with Crippen molar-refractivity contribution in [3.8, 4) is 10.6 Å². The van der Waals surface area contributed by atoms with E-state index in [-0.39, 0.29) is 5.78 Å². The van der Waals surface area contributed by atoms with Gasteiger partial charge in [-0.1, -0.05) is 0 Å². The molecule has 3 aromatic rings. The number of ketones is 1. The molecule has 17 heavy (non-hydrogen) atoms. The Hall–Kier alpha value is -2.01. The van der Waals surface area contributed by atoms with Crippen LogP contribution in [0.2, 0.25) is 0 Å². The van der Waals surface area contributed by atoms with Crippen LogP contribution in [0.15, 0.2) is 34.5 Å². The minimum Gasteiger partial charge on any atom is -0.443 e. The summed E-state index contributed by atoms with van der Waals surface area (Å²) in [5.74, 6) is -0.0189. The third-order valence-corrected chi connectivity index (χ3v) is 3.33. The Bertz CT molecular complexity index is 686. The van der Waals surface area contributed by atoms with Crippen molar-refractivity contribution in [2.24, 2.45) is 0 Å². The number of Topliss-reactive ketones (excluding diaryl/α,β-unsaturated/α-hetero) is 1. The van der Waals surface area contributed by atoms with Crippen molar-refractivity contribution in [1.82, 2.24) is 9.97 Å². The maximum Gasteiger partial charge on any atom is 0.182 e. The van der Waals surface area contributed by atoms with Crippen molar-refractivity contribution in [3.05, 3.63) is 35.7 Å². The number of nitrogens with zero attached hydrogens (tertiary/aromatic N) is 2. The van der Waals surface area contributed by atoms with E-state index < -0.39 is 0 Å². The molecule has 0 unspecified atom stereocenters. The van der Waals surface area contributed by atoms with Gasteiger partial charge in [-0.2, -0.15) is 0 Å². The van der Waals surface area contributed by atoms with E-state index in [1.165, 1.54) is 24.7 Å². The Morgan fingerprint density at radius 3 is 2.94 bits per heavy atom. The predicted molar refractivity (Wildman–Crippen MR) is 65.1 cm³/mol. The lowest BCUT2D eigenvalue weighted by Gasteiger charge is -2.00. The van der Waals surface area contributed by atoms with Crippen LogP contribution in [0.1, 0.15) is 17.3 Å². The van der Waals surface area contributed by atoms with Gasteiger partial charge in [0.05, 0.1) is 5.56 Å². The van der Waals surface area contributed by atoms with E-state index in [1.54, 1.807) is 12.3 Å². The van der Waals surface area contributed by atoms with Crippen molar-refractivity contribution >= 4 is 28.2 Å². The Morgan fingerprint density at radius 2 is 2.24 bits per heavy atom. The molecule has 84 valence electrons. The van der Waals surface area contributed by atoms with Crippen molar-refractivity contribution in [1.29, 1.82) is 0 Å². The first-order valence-electron chi connectivity index (χ1n) is 5.04. The fourth-order valence-electron chi connectivity index (χ4n) is 1.76. The second-order valence-corrected chi connectivity index (χ2v) is 4.48. The van der Waals surface area contributed by atoms with E-state index >= 15 is 0 Å². The van der Waals surface area contributed by atoms with Crippen LogP contribution >= 0.6 is 11.3 Å². The van der Waals surface area contributed by atoms with Gasteiger partial charge < -0.3 is 4.42 Å². The quantitative estimate of drug-likeness (QED) is 0.650. The molecule has 0 N–H and O–H groups in total. The van der Waals surface area contributed by atoms with Gasteiger partial charge in [0.1, 0.15) is 10.5 Å². The highest BCUT2D eigenvalue weighted by atomic mass is 32.1. The molecule has 0 fully saturated rings. The lowest BCUT2D eigenvalue weighted by Crippen LogP contribution is -1.94. The standard InChI is InChI=1S/C12H8N2O2S/c1-7(15)8-2-3-9(12-13-4-5-17-12)11-10(8)14-6-16-11/h2-6H,1H3. The number of fused-ring (bicyclic) bond motifs is 1. The molecule has 0 atom stereocenters. The van der Waals surface area contributed by atoms with Gasteiger partial charge >= 0.3 is 0 Å². The number of thiazole rings is 1. The van der Waals surface area contributed by atoms with Gasteiger partial charge in [-0.15, -0.1) is 11.3 Å². The molecule has 1 aromatic carbocycles. The third-order valence-electron chi connectivity index (χ3n) is 2.53. The summed E-state index contributed by atoms with van der Waals surface area (Å²) in [6.07, 6.45) is 3.09. The summed E-state index contributed by atoms with van der Waals surface area (Å²) in [6.45, 7) is 1.52. The van der Waals surface area contributed by atoms with Gasteiger partial charge in [0.2, 0.25) is 0 Å². The van der Waals surface area contributed by atoms with Gasteiger partial charge in [-0.3, -0.25) is 4.79 Å². The van der Waals surface area contributed by atoms with Crippen LogP contribution in [-0.4, -0.2) is 15.8 Å². The molecule has 0 amide bonds. The minimum atomic E-state index is -0.0189. The number of benzene rings is 1. The van der Waals surface area contributed by atoms with E-state index in [1.807, 2.05) is 11.4 Å². The molecule has 0 saturated carbocycles. The van der Waals surface area contributed by atoms with Crippen LogP contribution in [0, 0.1) is 0 Å². The third kappa shape index (κ3) is 1.55. The second-order valence-electron chi connectivity index (χ2n) is 3.58. The molecule has 0 aliphatic carbocycles. The van der Waals surface area contributed by atoms with E-state index in [4.69, 9.17) is 4.42 Å². The maximum atomic E-state index is 11.5. The Labute approximate surface area is 101 Å². The minimum absolute atomic E-state index is 0.0189. The number of carbonyl (C=O) groups is 1. The Kier molecular flexibility index (Phi) is 2.26. The molecule has 3 rings (SSSR count). The van der Waals surface area contributed by atoms with Crippen molar-refractivity contribution < 1.29 is 9.21 Å². The van der Waals surface area contributed by atoms with Crippen LogP contribution in [0.3, 0.4) is 0 Å². The van der Waals surface area contributed by atoms with Crippen LogP contribution in [-0.2, 0) is 0 Å². The summed E-state index contributed by atoms with van der Waals surface area (Å²) in [5.41, 5.74) is 2.67. The molecule has 2 aromatic heterocycles. The molecule has 2 heterocycles. The number of aromatic nitrogens is 2. The number of carbonyl (C=O) groups excluding carboxylic acids is 1. The number of rotatable bonds is 2. The van der Waals surface area contributed by atoms with Gasteiger partial charge in [-0.05, 0) is 19.1 Å². The maximum absolute atomic E-state index is 11.5. The first-order chi connectivity index (χ1) is 8.27. The molecule has 0 radical (unpaired) electrons. The summed E-state index contributed by atoms with van der Waals surface area (Å²) in [4.78, 5) is 19.8. The highest BCUT2D eigenvalue weighted by molar-refractivity contribution is 7.13. The van der Waals surface area contributed by atoms with Crippen molar-refractivity contribution in [2.45, 2.75) is 6.92 Å². The summed E-state index contributed by atoms with van der Waals surface area (Å²) in [7, 11) is 0. The highest BCUT2D eigenvalue weighted by Gasteiger charge is 2.15. The Balaban J connectivity index is 2.33. The molecule has 4 nitrogen and oxygen atoms in total. The molecule has 0 aliphatic heterocycles. The topological polar surface area (TPSA) is 56.0 Å². The molecule has 0 bridgehead atoms. The van der Waals surface area contributed by atoms with E-state index in [9.17, 15) is 4.79 Å². The van der Waals surface area contributed by atoms with Gasteiger partial charge in [0.15, 0.2) is 17.8 Å². The monoisotopic (exact) mass is 244 g/mol. The molecule has 5 heteroatoms. The lowest BCUT2D eigenvalue weighted by atomic mass is 10.1. The molecule has 0 spiro atoms. The number of oxazole rings is 1. The summed E-state index contributed by atoms with van der Waals surface area (Å²) in [5, 5.41) is 2.76. The van der Waals surface area contributed by atoms with Gasteiger partial charge in [0.25, 0.3) is 0 Å². The van der Waals surface area contributed by atoms with E-state index in [2.05, 4.69) is 9.97 Å². The smallest absolute Gasteiger partial charge is 0.182 e. The molecule has 0 saturated heterocycles. The van der Waals surface area contributed by atoms with Crippen LogP contribution in [0.25, 0.3) is 21.7 Å². The first-order valence-corrected chi connectivity index (χ1v) is 5.92. The van der Waals surface area contributed by atoms with Crippen LogP contribution in [0.4, 0.5) is 0 Å². The summed E-state index contributed by atoms with van der Waals surface area (Å²) >= 11 is 1.52. The number of hydrogen-bond donors (Lipinski definition) is 0. The average Bonchev–Trinajstić information content (AvgIpc) is 2.98. The summed E-state index contributed by atoms with van der Waals surface area (Å²) in [6, 6.07) is 3.62. The zero-order valence-corrected chi connectivity index (χ0v) is 9.82. The highest BCUT2D eigenvalue weighted by Crippen LogP contribution is 2.31. The normalized spacial score (nSPS) is 10.9. The SMILES string of the molecule is CC(=O)c1ccc(-c2nccs2)c2ocnc12. The Morgan fingerprint density at radius 1 is 1.35 bits per heavy atom. The van der Waals surface area contributed by atoms with Crippen molar-refractivity contribution in [3.63, 3.8) is 0 Å². The first kappa shape index (κ1) is 10.2. The van der Waals surface area contributed by atoms with E-state index in [0.717, 1.165) is 10.6 Å². The fourth-order valence-corrected chi connectivity index (χ4v) is 2.42. The van der Waals surface area contributed by atoms with Gasteiger partial charge in [0, 0.05) is 17.1 Å². The summed E-state index contributed by atoms with van der Waals surface area (Å²) < 4.78 is 5.37. The van der Waals surface area contributed by atoms with Crippen LogP contribution < -0.4 is 0 Å². The second kappa shape index (κ2) is 3.78. The molecular formula is C12H8N2O2S. The zero-order valence-electron chi connectivity index (χ0n) is 9.01. The fraction of sp³-hybridized carbons (Fsp3) is 0.0833. The lowest BCUT2D eigenvalue weighted by molar-refractivity contribution is 0.101. The van der Waals surface area contributed by atoms with Gasteiger partial charge in [-0.25, -0.2) is 9.97 Å². The largest absolute Gasteiger partial charge is 0.443 e. The predicted octanol–water partition coefficient (Wildman–Crippen LogP) is 3.15. The molecular weight excluding hydrogens is 236 g/mol. The zero-order chi connectivity index (χ0) is 11.8. The average molecular weight is 244 g/mol.